The van der Waals surface area contributed by atoms with Gasteiger partial charge in [-0.15, -0.1) is 16.9 Å². The molecular weight excluding hydrogens is 262 g/mol. The lowest BCUT2D eigenvalue weighted by Crippen LogP contribution is -2.12. The van der Waals surface area contributed by atoms with E-state index in [1.807, 2.05) is 30.5 Å². The number of amides is 1. The molecule has 100 valence electrons. The Morgan fingerprint density at radius 1 is 1.37 bits per heavy atom. The van der Waals surface area contributed by atoms with Crippen molar-refractivity contribution < 1.29 is 9.53 Å². The molecule has 1 amide bonds. The van der Waals surface area contributed by atoms with Crippen LogP contribution in [0.25, 0.3) is 0 Å². The van der Waals surface area contributed by atoms with Crippen molar-refractivity contribution in [1.29, 1.82) is 0 Å². The monoisotopic (exact) mass is 277 g/mol. The number of thioether (sulfide) groups is 1. The van der Waals surface area contributed by atoms with Gasteiger partial charge in [-0.2, -0.15) is 0 Å². The molecule has 5 nitrogen and oxygen atoms in total. The van der Waals surface area contributed by atoms with Gasteiger partial charge >= 0.3 is 0 Å². The molecule has 0 aliphatic heterocycles. The van der Waals surface area contributed by atoms with Gasteiger partial charge in [0.1, 0.15) is 5.56 Å². The van der Waals surface area contributed by atoms with Crippen LogP contribution in [0.5, 0.6) is 5.88 Å². The highest BCUT2D eigenvalue weighted by molar-refractivity contribution is 7.98. The van der Waals surface area contributed by atoms with E-state index in [0.717, 1.165) is 10.6 Å². The minimum atomic E-state index is -0.234. The zero-order chi connectivity index (χ0) is 13.8. The quantitative estimate of drug-likeness (QED) is 0.872. The van der Waals surface area contributed by atoms with Crippen molar-refractivity contribution in [3.63, 3.8) is 0 Å². The number of aromatic nitrogens is 2. The van der Waals surface area contributed by atoms with Crippen LogP contribution in [0.4, 0.5) is 5.69 Å². The fourth-order valence-corrected chi connectivity index (χ4v) is 2.06. The lowest BCUT2D eigenvalue weighted by atomic mass is 10.3. The molecule has 1 N–H and O–H groups in total. The van der Waals surface area contributed by atoms with Gasteiger partial charge in [-0.1, -0.05) is 0 Å². The van der Waals surface area contributed by atoms with Crippen LogP contribution in [0.2, 0.25) is 0 Å². The molecule has 0 saturated heterocycles. The maximum absolute atomic E-state index is 12.1. The van der Waals surface area contributed by atoms with Crippen LogP contribution in [0.1, 0.15) is 10.4 Å². The molecule has 1 aromatic heterocycles. The van der Waals surface area contributed by atoms with E-state index in [0.29, 0.717) is 11.4 Å². The summed E-state index contributed by atoms with van der Waals surface area (Å²) >= 11 is 1.66. The largest absolute Gasteiger partial charge is 0.479 e. The summed E-state index contributed by atoms with van der Waals surface area (Å²) in [5.41, 5.74) is 1.16. The van der Waals surface area contributed by atoms with Gasteiger partial charge in [-0.05, 0) is 30.5 Å². The van der Waals surface area contributed by atoms with Crippen molar-refractivity contribution in [3.05, 3.63) is 36.0 Å². The van der Waals surface area contributed by atoms with Crippen molar-refractivity contribution in [2.75, 3.05) is 18.7 Å². The lowest BCUT2D eigenvalue weighted by Gasteiger charge is -2.05. The number of hydrogen-bond donors (Lipinski definition) is 1. The first-order chi connectivity index (χ1) is 9.13. The van der Waals surface area contributed by atoms with Gasteiger partial charge in [0.2, 0.25) is 5.88 Å². The molecule has 2 rings (SSSR count). The third-order valence-corrected chi connectivity index (χ3v) is 3.32. The second kappa shape index (κ2) is 5.79. The number of anilines is 1. The average molecular weight is 277 g/mol. The molecule has 1 heterocycles. The maximum Gasteiger partial charge on any atom is 0.262 e. The summed E-state index contributed by atoms with van der Waals surface area (Å²) in [7, 11) is 3.24. The molecular formula is C13H15N3O2S. The summed E-state index contributed by atoms with van der Waals surface area (Å²) in [5, 5.41) is 6.87. The highest BCUT2D eigenvalue weighted by Crippen LogP contribution is 2.20. The molecule has 0 saturated carbocycles. The Balaban J connectivity index is 2.15. The summed E-state index contributed by atoms with van der Waals surface area (Å²) in [5.74, 6) is 0.0857. The van der Waals surface area contributed by atoms with E-state index in [9.17, 15) is 4.79 Å². The molecule has 0 bridgehead atoms. The number of methoxy groups -OCH3 is 1. The predicted molar refractivity (Wildman–Crippen MR) is 75.9 cm³/mol. The Hall–Kier alpha value is -1.95. The fraction of sp³-hybridized carbons (Fsp3) is 0.231. The highest BCUT2D eigenvalue weighted by Gasteiger charge is 2.16. The summed E-state index contributed by atoms with van der Waals surface area (Å²) < 4.78 is 6.61. The van der Waals surface area contributed by atoms with Crippen LogP contribution in [-0.2, 0) is 7.05 Å². The Morgan fingerprint density at radius 2 is 2.05 bits per heavy atom. The van der Waals surface area contributed by atoms with Gasteiger partial charge in [0.25, 0.3) is 5.91 Å². The molecule has 1 aromatic carbocycles. The van der Waals surface area contributed by atoms with Crippen LogP contribution in [0.3, 0.4) is 0 Å². The van der Waals surface area contributed by atoms with Gasteiger partial charge in [0.05, 0.1) is 7.11 Å². The first-order valence-electron chi connectivity index (χ1n) is 5.67. The third-order valence-electron chi connectivity index (χ3n) is 2.58. The molecule has 0 radical (unpaired) electrons. The normalized spacial score (nSPS) is 10.3. The van der Waals surface area contributed by atoms with Gasteiger partial charge < -0.3 is 10.1 Å². The molecule has 6 heteroatoms. The number of aryl methyl sites for hydroxylation is 1. The summed E-state index contributed by atoms with van der Waals surface area (Å²) in [6.45, 7) is 0. The summed E-state index contributed by atoms with van der Waals surface area (Å²) in [6.07, 6.45) is 3.64. The standard InChI is InChI=1S/C13H15N3O2S/c1-16-8-11(13(15-16)18-2)12(17)14-9-4-6-10(19-3)7-5-9/h4-8H,1-3H3,(H,14,17). The van der Waals surface area contributed by atoms with Crippen LogP contribution in [0.15, 0.2) is 35.4 Å². The van der Waals surface area contributed by atoms with E-state index in [1.54, 1.807) is 29.7 Å². The Labute approximate surface area is 116 Å². The first-order valence-corrected chi connectivity index (χ1v) is 6.89. The van der Waals surface area contributed by atoms with Crippen LogP contribution in [0, 0.1) is 0 Å². The molecule has 19 heavy (non-hydrogen) atoms. The Morgan fingerprint density at radius 3 is 2.63 bits per heavy atom. The molecule has 0 aliphatic carbocycles. The van der Waals surface area contributed by atoms with Gasteiger partial charge in [-0.25, -0.2) is 0 Å². The Bertz CT molecular complexity index is 578. The van der Waals surface area contributed by atoms with Crippen molar-refractivity contribution >= 4 is 23.4 Å². The van der Waals surface area contributed by atoms with Crippen molar-refractivity contribution in [2.45, 2.75) is 4.90 Å². The zero-order valence-electron chi connectivity index (χ0n) is 11.0. The minimum absolute atomic E-state index is 0.234. The number of nitrogens with one attached hydrogen (secondary N) is 1. The fourth-order valence-electron chi connectivity index (χ4n) is 1.65. The SMILES string of the molecule is COc1nn(C)cc1C(=O)Nc1ccc(SC)cc1. The number of carbonyl (C=O) groups excluding carboxylic acids is 1. The highest BCUT2D eigenvalue weighted by atomic mass is 32.2. The lowest BCUT2D eigenvalue weighted by molar-refractivity contribution is 0.102. The van der Waals surface area contributed by atoms with Crippen molar-refractivity contribution in [3.8, 4) is 5.88 Å². The number of rotatable bonds is 4. The van der Waals surface area contributed by atoms with Gasteiger partial charge in [0, 0.05) is 23.8 Å². The molecule has 0 aliphatic rings. The zero-order valence-corrected chi connectivity index (χ0v) is 11.8. The van der Waals surface area contributed by atoms with Crippen molar-refractivity contribution in [1.82, 2.24) is 9.78 Å². The number of benzene rings is 1. The maximum atomic E-state index is 12.1. The van der Waals surface area contributed by atoms with Gasteiger partial charge in [0.15, 0.2) is 0 Å². The topological polar surface area (TPSA) is 56.2 Å². The van der Waals surface area contributed by atoms with E-state index >= 15 is 0 Å². The van der Waals surface area contributed by atoms with E-state index in [2.05, 4.69) is 10.4 Å². The first kappa shape index (κ1) is 13.5. The molecule has 0 fully saturated rings. The van der Waals surface area contributed by atoms with Crippen molar-refractivity contribution in [2.24, 2.45) is 7.05 Å². The summed E-state index contributed by atoms with van der Waals surface area (Å²) in [4.78, 5) is 13.3. The molecule has 2 aromatic rings. The number of hydrogen-bond acceptors (Lipinski definition) is 4. The van der Waals surface area contributed by atoms with Crippen LogP contribution in [-0.4, -0.2) is 29.1 Å². The Kier molecular flexibility index (Phi) is 4.11. The van der Waals surface area contributed by atoms with Crippen LogP contribution < -0.4 is 10.1 Å². The van der Waals surface area contributed by atoms with E-state index in [1.165, 1.54) is 7.11 Å². The van der Waals surface area contributed by atoms with E-state index < -0.39 is 0 Å². The van der Waals surface area contributed by atoms with E-state index in [-0.39, 0.29) is 5.91 Å². The summed E-state index contributed by atoms with van der Waals surface area (Å²) in [6, 6.07) is 7.65. The van der Waals surface area contributed by atoms with Crippen LogP contribution >= 0.6 is 11.8 Å². The molecule has 0 unspecified atom stereocenters. The number of ether oxygens (including phenoxy) is 1. The van der Waals surface area contributed by atoms with E-state index in [4.69, 9.17) is 4.74 Å². The second-order valence-electron chi connectivity index (χ2n) is 3.91. The second-order valence-corrected chi connectivity index (χ2v) is 4.79. The minimum Gasteiger partial charge on any atom is -0.479 e. The third kappa shape index (κ3) is 3.08. The smallest absolute Gasteiger partial charge is 0.262 e. The van der Waals surface area contributed by atoms with Gasteiger partial charge in [-0.3, -0.25) is 9.48 Å². The number of carbonyl (C=O) groups is 1. The number of nitrogens with zero attached hydrogens (tertiary/aromatic N) is 2. The predicted octanol–water partition coefficient (Wildman–Crippen LogP) is 2.40. The molecule has 0 spiro atoms. The molecule has 0 atom stereocenters. The average Bonchev–Trinajstić information content (AvgIpc) is 2.81.